The summed E-state index contributed by atoms with van der Waals surface area (Å²) in [6, 6.07) is 7.12. The second-order valence-electron chi connectivity index (χ2n) is 5.75. The van der Waals surface area contributed by atoms with E-state index in [0.717, 1.165) is 10.4 Å². The Kier molecular flexibility index (Phi) is 3.46. The Labute approximate surface area is 147 Å². The van der Waals surface area contributed by atoms with E-state index in [1.54, 1.807) is 12.1 Å². The van der Waals surface area contributed by atoms with E-state index in [-0.39, 0.29) is 34.9 Å². The molecule has 2 aliphatic rings. The quantitative estimate of drug-likeness (QED) is 0.671. The van der Waals surface area contributed by atoms with Crippen molar-refractivity contribution in [2.75, 3.05) is 13.6 Å². The molecule has 2 aromatic rings. The molecule has 2 aliphatic heterocycles. The van der Waals surface area contributed by atoms with Gasteiger partial charge in [-0.1, -0.05) is 17.2 Å². The van der Waals surface area contributed by atoms with E-state index < -0.39 is 27.8 Å². The van der Waals surface area contributed by atoms with Crippen molar-refractivity contribution < 1.29 is 27.6 Å². The lowest BCUT2D eigenvalue weighted by Gasteiger charge is -2.22. The third-order valence-corrected chi connectivity index (χ3v) is 6.04. The highest BCUT2D eigenvalue weighted by molar-refractivity contribution is 7.89. The molecule has 0 bridgehead atoms. The van der Waals surface area contributed by atoms with Crippen LogP contribution < -0.4 is 0 Å². The van der Waals surface area contributed by atoms with E-state index >= 15 is 0 Å². The van der Waals surface area contributed by atoms with Gasteiger partial charge in [0, 0.05) is 19.7 Å². The van der Waals surface area contributed by atoms with E-state index in [1.807, 2.05) is 0 Å². The SMILES string of the molecule is CN1CCn2nc(C(=O)ON3C(=O)c4ccccc4C3=O)cc2S1(=O)=O. The van der Waals surface area contributed by atoms with Crippen LogP contribution in [0.4, 0.5) is 0 Å². The summed E-state index contributed by atoms with van der Waals surface area (Å²) in [7, 11) is -2.33. The summed E-state index contributed by atoms with van der Waals surface area (Å²) in [5.74, 6) is -2.63. The molecule has 0 radical (unpaired) electrons. The zero-order valence-electron chi connectivity index (χ0n) is 13.4. The summed E-state index contributed by atoms with van der Waals surface area (Å²) in [5.41, 5.74) is -0.0623. The minimum atomic E-state index is -3.75. The van der Waals surface area contributed by atoms with Gasteiger partial charge in [-0.25, -0.2) is 13.2 Å². The zero-order chi connectivity index (χ0) is 18.6. The molecular formula is C15H12N4O6S. The van der Waals surface area contributed by atoms with Crippen LogP contribution in [0.3, 0.4) is 0 Å². The maximum atomic E-state index is 12.3. The van der Waals surface area contributed by atoms with Crippen molar-refractivity contribution in [3.63, 3.8) is 0 Å². The zero-order valence-corrected chi connectivity index (χ0v) is 14.3. The first-order valence-electron chi connectivity index (χ1n) is 7.55. The summed E-state index contributed by atoms with van der Waals surface area (Å²) >= 11 is 0. The third-order valence-electron chi connectivity index (χ3n) is 4.18. The maximum absolute atomic E-state index is 12.3. The number of carbonyl (C=O) groups is 3. The highest BCUT2D eigenvalue weighted by Crippen LogP contribution is 2.24. The van der Waals surface area contributed by atoms with Crippen LogP contribution in [-0.2, 0) is 21.4 Å². The predicted molar refractivity (Wildman–Crippen MR) is 84.4 cm³/mol. The van der Waals surface area contributed by atoms with Gasteiger partial charge in [-0.05, 0) is 12.1 Å². The number of carbonyl (C=O) groups excluding carboxylic acids is 3. The number of rotatable bonds is 2. The molecular weight excluding hydrogens is 364 g/mol. The van der Waals surface area contributed by atoms with E-state index in [2.05, 4.69) is 5.10 Å². The van der Waals surface area contributed by atoms with Crippen LogP contribution in [0, 0.1) is 0 Å². The molecule has 0 N–H and O–H groups in total. The Bertz CT molecular complexity index is 1040. The number of hydrogen-bond acceptors (Lipinski definition) is 7. The van der Waals surface area contributed by atoms with Crippen LogP contribution in [0.1, 0.15) is 31.2 Å². The number of nitrogens with zero attached hydrogens (tertiary/aromatic N) is 4. The lowest BCUT2D eigenvalue weighted by molar-refractivity contribution is -0.0589. The van der Waals surface area contributed by atoms with Crippen molar-refractivity contribution in [3.05, 3.63) is 47.2 Å². The maximum Gasteiger partial charge on any atom is 0.384 e. The Hall–Kier alpha value is -3.05. The fourth-order valence-corrected chi connectivity index (χ4v) is 4.06. The molecule has 134 valence electrons. The lowest BCUT2D eigenvalue weighted by atomic mass is 10.1. The standard InChI is InChI=1S/C15H12N4O6S/c1-17-6-7-18-12(26(17,23)24)8-11(16-18)15(22)25-19-13(20)9-4-2-3-5-10(9)14(19)21/h2-5,8H,6-7H2,1H3. The Balaban J connectivity index is 1.61. The first-order chi connectivity index (χ1) is 12.3. The van der Waals surface area contributed by atoms with Gasteiger partial charge in [0.25, 0.3) is 21.8 Å². The molecule has 0 saturated carbocycles. The molecule has 11 heteroatoms. The van der Waals surface area contributed by atoms with Gasteiger partial charge < -0.3 is 4.84 Å². The largest absolute Gasteiger partial charge is 0.384 e. The molecule has 3 heterocycles. The van der Waals surface area contributed by atoms with Gasteiger partial charge in [-0.15, -0.1) is 0 Å². The summed E-state index contributed by atoms with van der Waals surface area (Å²) < 4.78 is 26.8. The van der Waals surface area contributed by atoms with Gasteiger partial charge in [0.05, 0.1) is 17.7 Å². The van der Waals surface area contributed by atoms with Crippen LogP contribution in [0.25, 0.3) is 0 Å². The monoisotopic (exact) mass is 376 g/mol. The minimum Gasteiger partial charge on any atom is -0.322 e. The molecule has 1 aromatic carbocycles. The number of hydroxylamine groups is 2. The van der Waals surface area contributed by atoms with Crippen molar-refractivity contribution in [1.82, 2.24) is 19.1 Å². The van der Waals surface area contributed by atoms with Gasteiger partial charge in [0.1, 0.15) is 0 Å². The fourth-order valence-electron chi connectivity index (χ4n) is 2.76. The molecule has 0 saturated heterocycles. The number of sulfonamides is 1. The number of fused-ring (bicyclic) bond motifs is 2. The van der Waals surface area contributed by atoms with E-state index in [1.165, 1.54) is 23.9 Å². The van der Waals surface area contributed by atoms with Crippen LogP contribution >= 0.6 is 0 Å². The molecule has 26 heavy (non-hydrogen) atoms. The minimum absolute atomic E-state index is 0.124. The van der Waals surface area contributed by atoms with Crippen LogP contribution in [0.2, 0.25) is 0 Å². The molecule has 0 fully saturated rings. The van der Waals surface area contributed by atoms with Crippen molar-refractivity contribution in [1.29, 1.82) is 0 Å². The van der Waals surface area contributed by atoms with E-state index in [4.69, 9.17) is 4.84 Å². The van der Waals surface area contributed by atoms with E-state index in [0.29, 0.717) is 5.06 Å². The highest BCUT2D eigenvalue weighted by atomic mass is 32.2. The normalized spacial score (nSPS) is 18.6. The van der Waals surface area contributed by atoms with Crippen molar-refractivity contribution in [2.45, 2.75) is 11.6 Å². The molecule has 0 spiro atoms. The highest BCUT2D eigenvalue weighted by Gasteiger charge is 2.40. The summed E-state index contributed by atoms with van der Waals surface area (Å²) in [5, 5.41) is 4.11. The lowest BCUT2D eigenvalue weighted by Crippen LogP contribution is -2.37. The summed E-state index contributed by atoms with van der Waals surface area (Å²) in [4.78, 5) is 41.6. The van der Waals surface area contributed by atoms with Crippen LogP contribution in [-0.4, -0.2) is 58.9 Å². The number of likely N-dealkylation sites (N-methyl/N-ethyl adjacent to an activating group) is 1. The Morgan fingerprint density at radius 1 is 1.12 bits per heavy atom. The number of benzene rings is 1. The molecule has 4 rings (SSSR count). The molecule has 0 atom stereocenters. The molecule has 0 unspecified atom stereocenters. The van der Waals surface area contributed by atoms with Gasteiger partial charge in [-0.3, -0.25) is 14.3 Å². The van der Waals surface area contributed by atoms with Crippen molar-refractivity contribution in [2.24, 2.45) is 0 Å². The van der Waals surface area contributed by atoms with Gasteiger partial charge in [-0.2, -0.15) is 9.40 Å². The third kappa shape index (κ3) is 2.24. The number of amides is 2. The average molecular weight is 376 g/mol. The second-order valence-corrected chi connectivity index (χ2v) is 7.74. The average Bonchev–Trinajstić information content (AvgIpc) is 3.16. The number of imide groups is 1. The van der Waals surface area contributed by atoms with Gasteiger partial charge in [0.15, 0.2) is 10.7 Å². The summed E-state index contributed by atoms with van der Waals surface area (Å²) in [6.45, 7) is 0.481. The van der Waals surface area contributed by atoms with Crippen molar-refractivity contribution in [3.8, 4) is 0 Å². The topological polar surface area (TPSA) is 119 Å². The molecule has 2 amide bonds. The second kappa shape index (κ2) is 5.47. The molecule has 1 aromatic heterocycles. The van der Waals surface area contributed by atoms with Gasteiger partial charge >= 0.3 is 5.97 Å². The Morgan fingerprint density at radius 2 is 1.73 bits per heavy atom. The number of aromatic nitrogens is 2. The Morgan fingerprint density at radius 3 is 2.35 bits per heavy atom. The van der Waals surface area contributed by atoms with Gasteiger partial charge in [0.2, 0.25) is 0 Å². The first-order valence-corrected chi connectivity index (χ1v) is 8.99. The van der Waals surface area contributed by atoms with Crippen LogP contribution in [0.5, 0.6) is 0 Å². The molecule has 10 nitrogen and oxygen atoms in total. The predicted octanol–water partition coefficient (Wildman–Crippen LogP) is -0.115. The van der Waals surface area contributed by atoms with Crippen molar-refractivity contribution >= 4 is 27.8 Å². The smallest absolute Gasteiger partial charge is 0.322 e. The first kappa shape index (κ1) is 16.4. The number of hydrogen-bond donors (Lipinski definition) is 0. The molecule has 0 aliphatic carbocycles. The summed E-state index contributed by atoms with van der Waals surface area (Å²) in [6.07, 6.45) is 0. The fraction of sp³-hybridized carbons (Fsp3) is 0.200. The van der Waals surface area contributed by atoms with E-state index in [9.17, 15) is 22.8 Å². The van der Waals surface area contributed by atoms with Crippen LogP contribution in [0.15, 0.2) is 35.4 Å².